The number of nitrogens with zero attached hydrogens (tertiary/aromatic N) is 3. The minimum atomic E-state index is 0.483. The molecular formula is C7H10N6S. The second-order valence-corrected chi connectivity index (χ2v) is 3.42. The number of nitrogens with two attached hydrogens (primary N) is 1. The highest BCUT2D eigenvalue weighted by atomic mass is 32.2. The van der Waals surface area contributed by atoms with E-state index < -0.39 is 0 Å². The predicted octanol–water partition coefficient (Wildman–Crippen LogP) is 0.699. The summed E-state index contributed by atoms with van der Waals surface area (Å²) in [6, 6.07) is 0. The Kier molecular flexibility index (Phi) is 2.16. The molecule has 0 saturated heterocycles. The Balaban J connectivity index is 2.76. The molecule has 14 heavy (non-hydrogen) atoms. The molecule has 0 amide bonds. The van der Waals surface area contributed by atoms with E-state index in [2.05, 4.69) is 25.5 Å². The molecule has 2 aromatic heterocycles. The van der Waals surface area contributed by atoms with Crippen molar-refractivity contribution in [1.82, 2.24) is 20.2 Å². The molecule has 0 radical (unpaired) electrons. The van der Waals surface area contributed by atoms with E-state index in [4.69, 9.17) is 5.73 Å². The maximum Gasteiger partial charge on any atom is 0.191 e. The molecule has 0 fully saturated rings. The third kappa shape index (κ3) is 1.25. The minimum Gasteiger partial charge on any atom is -0.383 e. The number of hydrogen-bond acceptors (Lipinski definition) is 6. The molecule has 2 aromatic rings. The summed E-state index contributed by atoms with van der Waals surface area (Å²) in [7, 11) is 1.79. The zero-order valence-corrected chi connectivity index (χ0v) is 8.64. The Morgan fingerprint density at radius 1 is 1.43 bits per heavy atom. The standard InChI is InChI=1S/C7H10N6S/c1-9-5-3-4(8)12-13-6(3)11-7(10-5)14-2/h1-2H3,(H4,8,9,10,11,12,13). The monoisotopic (exact) mass is 210 g/mol. The van der Waals surface area contributed by atoms with E-state index >= 15 is 0 Å². The summed E-state index contributed by atoms with van der Waals surface area (Å²) in [6.45, 7) is 0. The molecule has 0 aromatic carbocycles. The van der Waals surface area contributed by atoms with Gasteiger partial charge < -0.3 is 11.1 Å². The summed E-state index contributed by atoms with van der Waals surface area (Å²) in [4.78, 5) is 8.48. The number of hydrogen-bond donors (Lipinski definition) is 3. The lowest BCUT2D eigenvalue weighted by Gasteiger charge is -2.02. The molecule has 0 unspecified atom stereocenters. The van der Waals surface area contributed by atoms with Crippen molar-refractivity contribution < 1.29 is 0 Å². The fourth-order valence-electron chi connectivity index (χ4n) is 1.20. The summed E-state index contributed by atoms with van der Waals surface area (Å²) >= 11 is 1.47. The fourth-order valence-corrected chi connectivity index (χ4v) is 1.56. The van der Waals surface area contributed by atoms with Gasteiger partial charge in [-0.15, -0.1) is 0 Å². The van der Waals surface area contributed by atoms with Gasteiger partial charge in [0.2, 0.25) is 0 Å². The predicted molar refractivity (Wildman–Crippen MR) is 57.4 cm³/mol. The van der Waals surface area contributed by atoms with Crippen LogP contribution in [0.4, 0.5) is 11.6 Å². The first-order chi connectivity index (χ1) is 6.76. The second-order valence-electron chi connectivity index (χ2n) is 2.64. The Hall–Kier alpha value is -1.50. The third-order valence-electron chi connectivity index (χ3n) is 1.84. The first kappa shape index (κ1) is 9.07. The number of aromatic nitrogens is 4. The normalized spacial score (nSPS) is 10.7. The summed E-state index contributed by atoms with van der Waals surface area (Å²) in [5.41, 5.74) is 6.29. The van der Waals surface area contributed by atoms with Gasteiger partial charge in [0, 0.05) is 7.05 Å². The number of nitrogens with one attached hydrogen (secondary N) is 2. The maximum atomic E-state index is 5.70. The van der Waals surface area contributed by atoms with E-state index in [1.54, 1.807) is 7.05 Å². The molecule has 4 N–H and O–H groups in total. The van der Waals surface area contributed by atoms with Crippen molar-refractivity contribution in [3.63, 3.8) is 0 Å². The third-order valence-corrected chi connectivity index (χ3v) is 2.39. The van der Waals surface area contributed by atoms with Crippen molar-refractivity contribution in [3.05, 3.63) is 0 Å². The van der Waals surface area contributed by atoms with Crippen LogP contribution in [-0.4, -0.2) is 33.5 Å². The van der Waals surface area contributed by atoms with Crippen LogP contribution in [0.2, 0.25) is 0 Å². The highest BCUT2D eigenvalue weighted by Gasteiger charge is 2.11. The average Bonchev–Trinajstić information content (AvgIpc) is 2.59. The molecule has 0 aliphatic carbocycles. The number of aromatic amines is 1. The number of H-pyrrole nitrogens is 1. The van der Waals surface area contributed by atoms with Crippen LogP contribution >= 0.6 is 11.8 Å². The first-order valence-electron chi connectivity index (χ1n) is 3.99. The summed E-state index contributed by atoms with van der Waals surface area (Å²) < 4.78 is 0. The van der Waals surface area contributed by atoms with Crippen molar-refractivity contribution in [1.29, 1.82) is 0 Å². The highest BCUT2D eigenvalue weighted by Crippen LogP contribution is 2.25. The van der Waals surface area contributed by atoms with Crippen LogP contribution in [0.1, 0.15) is 0 Å². The van der Waals surface area contributed by atoms with Gasteiger partial charge >= 0.3 is 0 Å². The molecule has 74 valence electrons. The van der Waals surface area contributed by atoms with Crippen LogP contribution in [-0.2, 0) is 0 Å². The van der Waals surface area contributed by atoms with Crippen LogP contribution in [0.5, 0.6) is 0 Å². The molecule has 0 saturated carbocycles. The van der Waals surface area contributed by atoms with E-state index in [0.29, 0.717) is 22.4 Å². The summed E-state index contributed by atoms with van der Waals surface area (Å²) in [6.07, 6.45) is 1.91. The first-order valence-corrected chi connectivity index (χ1v) is 5.22. The minimum absolute atomic E-state index is 0.483. The van der Waals surface area contributed by atoms with E-state index in [0.717, 1.165) is 5.39 Å². The van der Waals surface area contributed by atoms with Crippen molar-refractivity contribution in [2.75, 3.05) is 24.4 Å². The number of thioether (sulfide) groups is 1. The van der Waals surface area contributed by atoms with E-state index in [9.17, 15) is 0 Å². The molecule has 7 heteroatoms. The van der Waals surface area contributed by atoms with Crippen molar-refractivity contribution in [2.45, 2.75) is 5.16 Å². The van der Waals surface area contributed by atoms with E-state index in [1.807, 2.05) is 6.26 Å². The van der Waals surface area contributed by atoms with E-state index in [1.165, 1.54) is 11.8 Å². The fraction of sp³-hybridized carbons (Fsp3) is 0.286. The van der Waals surface area contributed by atoms with Crippen molar-refractivity contribution in [2.24, 2.45) is 0 Å². The Bertz CT molecular complexity index is 464. The van der Waals surface area contributed by atoms with Gasteiger partial charge in [0.1, 0.15) is 17.0 Å². The Labute approximate surface area is 84.7 Å². The van der Waals surface area contributed by atoms with Crippen LogP contribution in [0.25, 0.3) is 11.0 Å². The lowest BCUT2D eigenvalue weighted by atomic mass is 10.3. The number of fused-ring (bicyclic) bond motifs is 1. The number of nitrogen functional groups attached to an aromatic ring is 1. The van der Waals surface area contributed by atoms with Crippen molar-refractivity contribution >= 4 is 34.4 Å². The van der Waals surface area contributed by atoms with Gasteiger partial charge in [0.05, 0.1) is 0 Å². The van der Waals surface area contributed by atoms with Crippen LogP contribution < -0.4 is 11.1 Å². The van der Waals surface area contributed by atoms with Gasteiger partial charge in [-0.2, -0.15) is 5.10 Å². The van der Waals surface area contributed by atoms with Crippen LogP contribution in [0.15, 0.2) is 5.16 Å². The lowest BCUT2D eigenvalue weighted by Crippen LogP contribution is -1.98. The second kappa shape index (κ2) is 3.33. The quantitative estimate of drug-likeness (QED) is 0.499. The van der Waals surface area contributed by atoms with Gasteiger partial charge in [-0.05, 0) is 6.26 Å². The molecule has 0 aliphatic rings. The summed E-state index contributed by atoms with van der Waals surface area (Å²) in [5.74, 6) is 1.18. The maximum absolute atomic E-state index is 5.70. The molecule has 2 rings (SSSR count). The van der Waals surface area contributed by atoms with Crippen LogP contribution in [0, 0.1) is 0 Å². The van der Waals surface area contributed by atoms with Gasteiger partial charge in [-0.3, -0.25) is 5.10 Å². The number of rotatable bonds is 2. The zero-order chi connectivity index (χ0) is 10.1. The number of anilines is 2. The molecule has 0 bridgehead atoms. The van der Waals surface area contributed by atoms with E-state index in [-0.39, 0.29) is 0 Å². The average molecular weight is 210 g/mol. The zero-order valence-electron chi connectivity index (χ0n) is 7.83. The smallest absolute Gasteiger partial charge is 0.191 e. The SMILES string of the molecule is CNc1nc(SC)nc2n[nH]c(N)c12. The summed E-state index contributed by atoms with van der Waals surface area (Å²) in [5, 5.41) is 11.0. The van der Waals surface area contributed by atoms with Gasteiger partial charge in [-0.25, -0.2) is 9.97 Å². The van der Waals surface area contributed by atoms with Gasteiger partial charge in [0.25, 0.3) is 0 Å². The molecule has 0 aliphatic heterocycles. The molecule has 2 heterocycles. The topological polar surface area (TPSA) is 92.5 Å². The Morgan fingerprint density at radius 2 is 2.21 bits per heavy atom. The van der Waals surface area contributed by atoms with Crippen LogP contribution in [0.3, 0.4) is 0 Å². The molecular weight excluding hydrogens is 200 g/mol. The lowest BCUT2D eigenvalue weighted by molar-refractivity contribution is 0.986. The van der Waals surface area contributed by atoms with Gasteiger partial charge in [0.15, 0.2) is 10.8 Å². The highest BCUT2D eigenvalue weighted by molar-refractivity contribution is 7.98. The molecule has 6 nitrogen and oxygen atoms in total. The van der Waals surface area contributed by atoms with Crippen molar-refractivity contribution in [3.8, 4) is 0 Å². The largest absolute Gasteiger partial charge is 0.383 e. The molecule has 0 spiro atoms. The Morgan fingerprint density at radius 3 is 2.86 bits per heavy atom. The van der Waals surface area contributed by atoms with Gasteiger partial charge in [-0.1, -0.05) is 11.8 Å². The molecule has 0 atom stereocenters.